The van der Waals surface area contributed by atoms with Gasteiger partial charge in [0.15, 0.2) is 0 Å². The third-order valence-corrected chi connectivity index (χ3v) is 3.71. The van der Waals surface area contributed by atoms with Gasteiger partial charge in [0.05, 0.1) is 5.56 Å². The molecule has 0 saturated carbocycles. The van der Waals surface area contributed by atoms with E-state index >= 15 is 0 Å². The number of carbonyl (C=O) groups is 1. The first-order valence-corrected chi connectivity index (χ1v) is 7.99. The van der Waals surface area contributed by atoms with Crippen LogP contribution in [0.4, 0.5) is 5.69 Å². The van der Waals surface area contributed by atoms with Gasteiger partial charge in [0.1, 0.15) is 19.0 Å². The van der Waals surface area contributed by atoms with Gasteiger partial charge < -0.3 is 15.2 Å². The summed E-state index contributed by atoms with van der Waals surface area (Å²) in [5.74, 6) is 0.108. The molecule has 0 aromatic heterocycles. The Morgan fingerprint density at radius 3 is 2.04 bits per heavy atom. The minimum atomic E-state index is -0.466. The molecular formula is C21H19NO3. The van der Waals surface area contributed by atoms with Crippen LogP contribution in [0.15, 0.2) is 78.9 Å². The quantitative estimate of drug-likeness (QED) is 0.542. The molecule has 3 aromatic rings. The van der Waals surface area contributed by atoms with Gasteiger partial charge >= 0.3 is 5.97 Å². The van der Waals surface area contributed by atoms with Gasteiger partial charge in [-0.1, -0.05) is 60.7 Å². The van der Waals surface area contributed by atoms with E-state index in [1.54, 1.807) is 18.2 Å². The Morgan fingerprint density at radius 1 is 0.800 bits per heavy atom. The lowest BCUT2D eigenvalue weighted by atomic mass is 10.1. The second kappa shape index (κ2) is 8.02. The molecule has 0 bridgehead atoms. The van der Waals surface area contributed by atoms with Crippen LogP contribution in [0.1, 0.15) is 21.5 Å². The highest BCUT2D eigenvalue weighted by molar-refractivity contribution is 5.95. The van der Waals surface area contributed by atoms with Crippen molar-refractivity contribution in [2.24, 2.45) is 0 Å². The van der Waals surface area contributed by atoms with Crippen molar-refractivity contribution in [2.45, 2.75) is 13.2 Å². The maximum atomic E-state index is 12.3. The van der Waals surface area contributed by atoms with Crippen LogP contribution in [0.5, 0.6) is 5.75 Å². The lowest BCUT2D eigenvalue weighted by molar-refractivity contribution is 0.0473. The molecule has 4 heteroatoms. The molecule has 0 aliphatic rings. The third kappa shape index (κ3) is 4.61. The van der Waals surface area contributed by atoms with E-state index in [2.05, 4.69) is 0 Å². The Bertz CT molecular complexity index is 832. The van der Waals surface area contributed by atoms with E-state index in [0.717, 1.165) is 11.1 Å². The number of nitrogens with two attached hydrogens (primary N) is 1. The molecule has 0 unspecified atom stereocenters. The van der Waals surface area contributed by atoms with Crippen molar-refractivity contribution in [3.63, 3.8) is 0 Å². The topological polar surface area (TPSA) is 61.5 Å². The molecule has 3 rings (SSSR count). The molecule has 126 valence electrons. The van der Waals surface area contributed by atoms with Crippen molar-refractivity contribution < 1.29 is 14.3 Å². The summed E-state index contributed by atoms with van der Waals surface area (Å²) in [6.07, 6.45) is 0. The minimum Gasteiger partial charge on any atom is -0.489 e. The molecule has 0 aliphatic carbocycles. The van der Waals surface area contributed by atoms with Crippen LogP contribution < -0.4 is 10.5 Å². The fourth-order valence-electron chi connectivity index (χ4n) is 2.34. The maximum absolute atomic E-state index is 12.3. The first kappa shape index (κ1) is 16.6. The number of nitrogen functional groups attached to an aromatic ring is 1. The van der Waals surface area contributed by atoms with Crippen molar-refractivity contribution in [3.05, 3.63) is 95.6 Å². The average Bonchev–Trinajstić information content (AvgIpc) is 2.67. The number of esters is 1. The largest absolute Gasteiger partial charge is 0.489 e. The Morgan fingerprint density at radius 2 is 1.40 bits per heavy atom. The number of hydrogen-bond acceptors (Lipinski definition) is 4. The van der Waals surface area contributed by atoms with E-state index in [4.69, 9.17) is 15.2 Å². The van der Waals surface area contributed by atoms with E-state index < -0.39 is 5.97 Å². The van der Waals surface area contributed by atoms with Crippen molar-refractivity contribution in [3.8, 4) is 5.75 Å². The van der Waals surface area contributed by atoms with Crippen molar-refractivity contribution in [1.82, 2.24) is 0 Å². The minimum absolute atomic E-state index is 0.203. The van der Waals surface area contributed by atoms with Crippen molar-refractivity contribution >= 4 is 11.7 Å². The summed E-state index contributed by atoms with van der Waals surface area (Å²) in [5, 5.41) is 0. The summed E-state index contributed by atoms with van der Waals surface area (Å²) in [6, 6.07) is 24.3. The Labute approximate surface area is 146 Å². The number of benzene rings is 3. The Hall–Kier alpha value is -3.27. The lowest BCUT2D eigenvalue weighted by Gasteiger charge is -2.11. The van der Waals surface area contributed by atoms with Gasteiger partial charge in [-0.3, -0.25) is 0 Å². The van der Waals surface area contributed by atoms with Gasteiger partial charge in [0.25, 0.3) is 0 Å². The van der Waals surface area contributed by atoms with Crippen LogP contribution in [-0.4, -0.2) is 5.97 Å². The summed E-state index contributed by atoms with van der Waals surface area (Å²) >= 11 is 0. The van der Waals surface area contributed by atoms with E-state index in [-0.39, 0.29) is 6.61 Å². The predicted molar refractivity (Wildman–Crippen MR) is 97.2 cm³/mol. The molecule has 2 N–H and O–H groups in total. The molecule has 0 spiro atoms. The molecule has 0 aliphatic heterocycles. The summed E-state index contributed by atoms with van der Waals surface area (Å²) in [5.41, 5.74) is 8.55. The summed E-state index contributed by atoms with van der Waals surface area (Å²) in [4.78, 5) is 12.3. The normalized spacial score (nSPS) is 10.2. The van der Waals surface area contributed by atoms with Gasteiger partial charge in [0, 0.05) is 5.69 Å². The van der Waals surface area contributed by atoms with Gasteiger partial charge in [-0.2, -0.15) is 0 Å². The van der Waals surface area contributed by atoms with E-state index in [1.165, 1.54) is 0 Å². The van der Waals surface area contributed by atoms with Crippen LogP contribution in [0, 0.1) is 0 Å². The fraction of sp³-hybridized carbons (Fsp3) is 0.0952. The van der Waals surface area contributed by atoms with Crippen LogP contribution in [0.3, 0.4) is 0 Å². The Balaban J connectivity index is 1.65. The van der Waals surface area contributed by atoms with E-state index in [0.29, 0.717) is 23.6 Å². The SMILES string of the molecule is Nc1ccc(OCc2ccccc2)cc1C(=O)OCc1ccccc1. The number of rotatable bonds is 6. The average molecular weight is 333 g/mol. The summed E-state index contributed by atoms with van der Waals surface area (Å²) in [6.45, 7) is 0.622. The number of ether oxygens (including phenoxy) is 2. The van der Waals surface area contributed by atoms with Gasteiger partial charge in [0.2, 0.25) is 0 Å². The second-order valence-corrected chi connectivity index (χ2v) is 5.59. The monoisotopic (exact) mass is 333 g/mol. The van der Waals surface area contributed by atoms with Gasteiger partial charge in [-0.05, 0) is 29.3 Å². The van der Waals surface area contributed by atoms with Crippen LogP contribution >= 0.6 is 0 Å². The highest BCUT2D eigenvalue weighted by atomic mass is 16.5. The molecule has 0 heterocycles. The first-order valence-electron chi connectivity index (χ1n) is 7.99. The van der Waals surface area contributed by atoms with E-state index in [9.17, 15) is 4.79 Å². The fourth-order valence-corrected chi connectivity index (χ4v) is 2.34. The first-order chi connectivity index (χ1) is 12.2. The number of anilines is 1. The third-order valence-electron chi connectivity index (χ3n) is 3.71. The molecule has 4 nitrogen and oxygen atoms in total. The van der Waals surface area contributed by atoms with E-state index in [1.807, 2.05) is 60.7 Å². The summed E-state index contributed by atoms with van der Waals surface area (Å²) < 4.78 is 11.1. The zero-order chi connectivity index (χ0) is 17.5. The van der Waals surface area contributed by atoms with Gasteiger partial charge in [-0.25, -0.2) is 4.79 Å². The van der Waals surface area contributed by atoms with Crippen LogP contribution in [0.25, 0.3) is 0 Å². The Kier molecular flexibility index (Phi) is 5.32. The highest BCUT2D eigenvalue weighted by Gasteiger charge is 2.13. The van der Waals surface area contributed by atoms with Crippen LogP contribution in [0.2, 0.25) is 0 Å². The van der Waals surface area contributed by atoms with Crippen molar-refractivity contribution in [2.75, 3.05) is 5.73 Å². The summed E-state index contributed by atoms with van der Waals surface area (Å²) in [7, 11) is 0. The molecule has 0 atom stereocenters. The molecule has 0 saturated heterocycles. The zero-order valence-electron chi connectivity index (χ0n) is 13.7. The molecule has 0 amide bonds. The molecule has 0 radical (unpaired) electrons. The molecule has 3 aromatic carbocycles. The van der Waals surface area contributed by atoms with Crippen LogP contribution in [-0.2, 0) is 18.0 Å². The van der Waals surface area contributed by atoms with Crippen molar-refractivity contribution in [1.29, 1.82) is 0 Å². The standard InChI is InChI=1S/C21H19NO3/c22-20-12-11-18(24-14-16-7-3-1-4-8-16)13-19(20)21(23)25-15-17-9-5-2-6-10-17/h1-13H,14-15,22H2. The number of carbonyl (C=O) groups excluding carboxylic acids is 1. The zero-order valence-corrected chi connectivity index (χ0v) is 13.7. The number of hydrogen-bond donors (Lipinski definition) is 1. The smallest absolute Gasteiger partial charge is 0.340 e. The van der Waals surface area contributed by atoms with Gasteiger partial charge in [-0.15, -0.1) is 0 Å². The second-order valence-electron chi connectivity index (χ2n) is 5.59. The molecular weight excluding hydrogens is 314 g/mol. The molecule has 0 fully saturated rings. The molecule has 25 heavy (non-hydrogen) atoms. The maximum Gasteiger partial charge on any atom is 0.340 e. The lowest BCUT2D eigenvalue weighted by Crippen LogP contribution is -2.09. The predicted octanol–water partition coefficient (Wildman–Crippen LogP) is 4.20. The highest BCUT2D eigenvalue weighted by Crippen LogP contribution is 2.22.